The Kier molecular flexibility index (Phi) is 4.57. The molecule has 0 N–H and O–H groups in total. The van der Waals surface area contributed by atoms with Crippen LogP contribution in [0.5, 0.6) is 5.75 Å². The lowest BCUT2D eigenvalue weighted by molar-refractivity contribution is -0.162. The van der Waals surface area contributed by atoms with Crippen molar-refractivity contribution in [2.75, 3.05) is 0 Å². The molecule has 0 aliphatic rings. The van der Waals surface area contributed by atoms with Gasteiger partial charge < -0.3 is 9.47 Å². The molecule has 0 bridgehead atoms. The lowest BCUT2D eigenvalue weighted by atomic mass is 10.1. The first-order valence-electron chi connectivity index (χ1n) is 6.85. The Morgan fingerprint density at radius 2 is 1.81 bits per heavy atom. The van der Waals surface area contributed by atoms with E-state index in [9.17, 15) is 4.79 Å². The Balaban J connectivity index is 2.20. The van der Waals surface area contributed by atoms with Crippen molar-refractivity contribution < 1.29 is 14.3 Å². The molecule has 0 aromatic heterocycles. The van der Waals surface area contributed by atoms with Gasteiger partial charge >= 0.3 is 5.97 Å². The fourth-order valence-corrected chi connectivity index (χ4v) is 2.51. The van der Waals surface area contributed by atoms with Gasteiger partial charge in [-0.1, -0.05) is 30.3 Å². The molecule has 3 nitrogen and oxygen atoms in total. The zero-order chi connectivity index (χ0) is 15.6. The van der Waals surface area contributed by atoms with Gasteiger partial charge in [0.25, 0.3) is 0 Å². The van der Waals surface area contributed by atoms with Crippen LogP contribution in [0, 0.1) is 0 Å². The summed E-state index contributed by atoms with van der Waals surface area (Å²) in [6.45, 7) is 7.20. The third kappa shape index (κ3) is 3.97. The standard InChI is InChI=1S/C17H19BrO3/c1-11(16(19)21-17(2,3)4)20-14-10-9-12-7-5-6-8-13(12)15(14)18/h5-11H,1-4H3. The van der Waals surface area contributed by atoms with E-state index >= 15 is 0 Å². The Labute approximate surface area is 133 Å². The van der Waals surface area contributed by atoms with Gasteiger partial charge in [-0.15, -0.1) is 0 Å². The maximum atomic E-state index is 12.0. The molecule has 0 fully saturated rings. The lowest BCUT2D eigenvalue weighted by Gasteiger charge is -2.23. The van der Waals surface area contributed by atoms with E-state index in [2.05, 4.69) is 15.9 Å². The summed E-state index contributed by atoms with van der Waals surface area (Å²) in [5.74, 6) is 0.259. The number of carbonyl (C=O) groups is 1. The zero-order valence-electron chi connectivity index (χ0n) is 12.6. The molecule has 0 amide bonds. The van der Waals surface area contributed by atoms with E-state index in [4.69, 9.17) is 9.47 Å². The largest absolute Gasteiger partial charge is 0.478 e. The molecule has 0 aliphatic heterocycles. The van der Waals surface area contributed by atoms with Crippen molar-refractivity contribution in [3.63, 3.8) is 0 Å². The van der Waals surface area contributed by atoms with Crippen molar-refractivity contribution in [2.24, 2.45) is 0 Å². The number of esters is 1. The van der Waals surface area contributed by atoms with Gasteiger partial charge in [-0.2, -0.15) is 0 Å². The highest BCUT2D eigenvalue weighted by Crippen LogP contribution is 2.33. The first-order chi connectivity index (χ1) is 9.78. The van der Waals surface area contributed by atoms with Crippen molar-refractivity contribution >= 4 is 32.7 Å². The molecule has 0 saturated carbocycles. The molecule has 0 radical (unpaired) electrons. The molecule has 2 aromatic rings. The van der Waals surface area contributed by atoms with Crippen LogP contribution in [0.25, 0.3) is 10.8 Å². The second-order valence-corrected chi connectivity index (χ2v) is 6.69. The fourth-order valence-electron chi connectivity index (χ4n) is 1.93. The number of rotatable bonds is 3. The molecule has 0 spiro atoms. The van der Waals surface area contributed by atoms with Crippen molar-refractivity contribution in [3.05, 3.63) is 40.9 Å². The summed E-state index contributed by atoms with van der Waals surface area (Å²) in [4.78, 5) is 12.0. The monoisotopic (exact) mass is 350 g/mol. The third-order valence-corrected chi connectivity index (χ3v) is 3.69. The van der Waals surface area contributed by atoms with E-state index in [0.29, 0.717) is 5.75 Å². The Morgan fingerprint density at radius 3 is 2.48 bits per heavy atom. The van der Waals surface area contributed by atoms with Crippen LogP contribution in [0.2, 0.25) is 0 Å². The fraction of sp³-hybridized carbons (Fsp3) is 0.353. The van der Waals surface area contributed by atoms with Gasteiger partial charge in [0.05, 0.1) is 4.47 Å². The maximum absolute atomic E-state index is 12.0. The number of fused-ring (bicyclic) bond motifs is 1. The minimum Gasteiger partial charge on any atom is -0.478 e. The van der Waals surface area contributed by atoms with E-state index in [1.165, 1.54) is 0 Å². The van der Waals surface area contributed by atoms with E-state index in [-0.39, 0.29) is 5.97 Å². The predicted octanol–water partition coefficient (Wildman–Crippen LogP) is 4.71. The van der Waals surface area contributed by atoms with Crippen molar-refractivity contribution in [3.8, 4) is 5.75 Å². The Bertz CT molecular complexity index is 659. The van der Waals surface area contributed by atoms with Crippen LogP contribution in [-0.2, 0) is 9.53 Å². The second kappa shape index (κ2) is 6.06. The third-order valence-electron chi connectivity index (χ3n) is 2.87. The number of hydrogen-bond acceptors (Lipinski definition) is 3. The first-order valence-corrected chi connectivity index (χ1v) is 7.64. The highest BCUT2D eigenvalue weighted by molar-refractivity contribution is 9.10. The van der Waals surface area contributed by atoms with Gasteiger partial charge in [-0.3, -0.25) is 0 Å². The molecule has 0 aliphatic carbocycles. The SMILES string of the molecule is CC(Oc1ccc2ccccc2c1Br)C(=O)OC(C)(C)C. The summed E-state index contributed by atoms with van der Waals surface area (Å²) in [5.41, 5.74) is -0.519. The maximum Gasteiger partial charge on any atom is 0.347 e. The lowest BCUT2D eigenvalue weighted by Crippen LogP contribution is -2.33. The Morgan fingerprint density at radius 1 is 1.14 bits per heavy atom. The van der Waals surface area contributed by atoms with E-state index in [0.717, 1.165) is 15.2 Å². The summed E-state index contributed by atoms with van der Waals surface area (Å²) < 4.78 is 11.9. The number of hydrogen-bond donors (Lipinski definition) is 0. The number of ether oxygens (including phenoxy) is 2. The van der Waals surface area contributed by atoms with E-state index < -0.39 is 11.7 Å². The Hall–Kier alpha value is -1.55. The molecule has 1 atom stereocenters. The molecule has 1 unspecified atom stereocenters. The van der Waals surface area contributed by atoms with Crippen LogP contribution in [-0.4, -0.2) is 17.7 Å². The van der Waals surface area contributed by atoms with Crippen LogP contribution in [0.1, 0.15) is 27.7 Å². The molecule has 2 rings (SSSR count). The van der Waals surface area contributed by atoms with Gasteiger partial charge in [-0.25, -0.2) is 4.79 Å². The van der Waals surface area contributed by atoms with E-state index in [1.807, 2.05) is 57.2 Å². The number of carbonyl (C=O) groups excluding carboxylic acids is 1. The predicted molar refractivity (Wildman–Crippen MR) is 87.6 cm³/mol. The summed E-state index contributed by atoms with van der Waals surface area (Å²) in [5, 5.41) is 2.16. The van der Waals surface area contributed by atoms with Gasteiger partial charge in [0.2, 0.25) is 0 Å². The van der Waals surface area contributed by atoms with Crippen LogP contribution in [0.15, 0.2) is 40.9 Å². The molecule has 4 heteroatoms. The normalized spacial score (nSPS) is 13.0. The second-order valence-electron chi connectivity index (χ2n) is 5.89. The van der Waals surface area contributed by atoms with Crippen LogP contribution in [0.4, 0.5) is 0 Å². The molecule has 0 saturated heterocycles. The molecular formula is C17H19BrO3. The summed E-state index contributed by atoms with van der Waals surface area (Å²) >= 11 is 3.54. The average Bonchev–Trinajstić information content (AvgIpc) is 2.40. The smallest absolute Gasteiger partial charge is 0.347 e. The summed E-state index contributed by atoms with van der Waals surface area (Å²) in [6, 6.07) is 11.8. The van der Waals surface area contributed by atoms with Crippen LogP contribution < -0.4 is 4.74 Å². The van der Waals surface area contributed by atoms with Crippen molar-refractivity contribution in [1.82, 2.24) is 0 Å². The number of halogens is 1. The highest BCUT2D eigenvalue weighted by atomic mass is 79.9. The molecule has 21 heavy (non-hydrogen) atoms. The quantitative estimate of drug-likeness (QED) is 0.751. The molecule has 0 heterocycles. The van der Waals surface area contributed by atoms with Crippen molar-refractivity contribution in [1.29, 1.82) is 0 Å². The topological polar surface area (TPSA) is 35.5 Å². The van der Waals surface area contributed by atoms with Crippen LogP contribution in [0.3, 0.4) is 0 Å². The van der Waals surface area contributed by atoms with Gasteiger partial charge in [0, 0.05) is 0 Å². The minimum absolute atomic E-state index is 0.373. The van der Waals surface area contributed by atoms with E-state index in [1.54, 1.807) is 6.92 Å². The van der Waals surface area contributed by atoms with Gasteiger partial charge in [-0.05, 0) is 60.5 Å². The average molecular weight is 351 g/mol. The molecule has 112 valence electrons. The first kappa shape index (κ1) is 15.8. The van der Waals surface area contributed by atoms with Crippen LogP contribution >= 0.6 is 15.9 Å². The summed E-state index contributed by atoms with van der Waals surface area (Å²) in [7, 11) is 0. The van der Waals surface area contributed by atoms with Gasteiger partial charge in [0.15, 0.2) is 6.10 Å². The van der Waals surface area contributed by atoms with Crippen molar-refractivity contribution in [2.45, 2.75) is 39.4 Å². The molecular weight excluding hydrogens is 332 g/mol. The van der Waals surface area contributed by atoms with Gasteiger partial charge in [0.1, 0.15) is 11.4 Å². The molecule has 2 aromatic carbocycles. The zero-order valence-corrected chi connectivity index (χ0v) is 14.2. The minimum atomic E-state index is -0.665. The number of benzene rings is 2. The highest BCUT2D eigenvalue weighted by Gasteiger charge is 2.23. The summed E-state index contributed by atoms with van der Waals surface area (Å²) in [6.07, 6.45) is -0.665.